The largest absolute Gasteiger partial charge is 0.390 e. The van der Waals surface area contributed by atoms with Gasteiger partial charge in [-0.3, -0.25) is 4.79 Å². The van der Waals surface area contributed by atoms with Crippen LogP contribution in [-0.2, 0) is 13.2 Å². The van der Waals surface area contributed by atoms with Crippen LogP contribution in [0.15, 0.2) is 6.07 Å². The van der Waals surface area contributed by atoms with E-state index in [-0.39, 0.29) is 12.5 Å². The van der Waals surface area contributed by atoms with Gasteiger partial charge in [0.1, 0.15) is 5.82 Å². The Hall–Kier alpha value is -1.62. The van der Waals surface area contributed by atoms with Crippen LogP contribution in [-0.4, -0.2) is 28.6 Å². The molecule has 0 aliphatic carbocycles. The van der Waals surface area contributed by atoms with Crippen molar-refractivity contribution in [3.05, 3.63) is 22.9 Å². The first-order valence-corrected chi connectivity index (χ1v) is 6.39. The minimum atomic E-state index is -0.118. The van der Waals surface area contributed by atoms with Gasteiger partial charge >= 0.3 is 0 Å². The number of anilines is 1. The molecule has 1 amide bonds. The number of rotatable bonds is 2. The SMILES string of the molecule is CC1CCCN1c1cc2c(c(CO)n1)CNC2=O. The third-order valence-corrected chi connectivity index (χ3v) is 3.86. The number of hydrogen-bond donors (Lipinski definition) is 2. The number of carbonyl (C=O) groups excluding carboxylic acids is 1. The molecule has 0 radical (unpaired) electrons. The number of aliphatic hydroxyl groups excluding tert-OH is 1. The van der Waals surface area contributed by atoms with Crippen LogP contribution in [0, 0.1) is 0 Å². The van der Waals surface area contributed by atoms with Crippen LogP contribution in [0.4, 0.5) is 5.82 Å². The summed E-state index contributed by atoms with van der Waals surface area (Å²) in [6.45, 7) is 3.50. The Morgan fingerprint density at radius 1 is 1.61 bits per heavy atom. The molecule has 0 saturated carbocycles. The van der Waals surface area contributed by atoms with E-state index in [2.05, 4.69) is 22.1 Å². The smallest absolute Gasteiger partial charge is 0.252 e. The van der Waals surface area contributed by atoms with Gasteiger partial charge in [0.25, 0.3) is 5.91 Å². The van der Waals surface area contributed by atoms with Gasteiger partial charge < -0.3 is 15.3 Å². The number of pyridine rings is 1. The Labute approximate surface area is 106 Å². The van der Waals surface area contributed by atoms with E-state index in [0.29, 0.717) is 23.8 Å². The van der Waals surface area contributed by atoms with Crippen molar-refractivity contribution in [2.45, 2.75) is 39.0 Å². The molecule has 2 aliphatic heterocycles. The molecule has 2 N–H and O–H groups in total. The van der Waals surface area contributed by atoms with E-state index in [4.69, 9.17) is 0 Å². The number of carbonyl (C=O) groups is 1. The van der Waals surface area contributed by atoms with E-state index in [9.17, 15) is 9.90 Å². The monoisotopic (exact) mass is 247 g/mol. The molecule has 1 unspecified atom stereocenters. The van der Waals surface area contributed by atoms with Gasteiger partial charge in [0.05, 0.1) is 12.3 Å². The summed E-state index contributed by atoms with van der Waals surface area (Å²) in [5.74, 6) is 0.759. The molecular weight excluding hydrogens is 230 g/mol. The fourth-order valence-corrected chi connectivity index (χ4v) is 2.82. The molecule has 3 heterocycles. The van der Waals surface area contributed by atoms with Crippen LogP contribution in [0.1, 0.15) is 41.4 Å². The molecule has 1 aromatic heterocycles. The highest BCUT2D eigenvalue weighted by Crippen LogP contribution is 2.28. The number of fused-ring (bicyclic) bond motifs is 1. The maximum Gasteiger partial charge on any atom is 0.252 e. The fourth-order valence-electron chi connectivity index (χ4n) is 2.82. The molecule has 0 aromatic carbocycles. The van der Waals surface area contributed by atoms with Gasteiger partial charge in [-0.15, -0.1) is 0 Å². The molecule has 1 atom stereocenters. The Balaban J connectivity index is 2.06. The Kier molecular flexibility index (Phi) is 2.70. The summed E-state index contributed by atoms with van der Waals surface area (Å²) in [7, 11) is 0. The molecule has 18 heavy (non-hydrogen) atoms. The highest BCUT2D eigenvalue weighted by Gasteiger charge is 2.27. The van der Waals surface area contributed by atoms with Gasteiger partial charge in [0, 0.05) is 30.3 Å². The van der Waals surface area contributed by atoms with Crippen molar-refractivity contribution in [3.8, 4) is 0 Å². The van der Waals surface area contributed by atoms with Crippen LogP contribution >= 0.6 is 0 Å². The first kappa shape index (κ1) is 11.5. The molecule has 2 aliphatic rings. The summed E-state index contributed by atoms with van der Waals surface area (Å²) in [6, 6.07) is 2.31. The summed E-state index contributed by atoms with van der Waals surface area (Å²) in [5.41, 5.74) is 2.14. The second-order valence-electron chi connectivity index (χ2n) is 4.98. The van der Waals surface area contributed by atoms with Crippen molar-refractivity contribution < 1.29 is 9.90 Å². The molecule has 0 bridgehead atoms. The van der Waals surface area contributed by atoms with E-state index >= 15 is 0 Å². The Morgan fingerprint density at radius 2 is 2.44 bits per heavy atom. The van der Waals surface area contributed by atoms with Gasteiger partial charge in [-0.2, -0.15) is 0 Å². The lowest BCUT2D eigenvalue weighted by Gasteiger charge is -2.23. The molecule has 96 valence electrons. The summed E-state index contributed by atoms with van der Waals surface area (Å²) < 4.78 is 0. The second-order valence-corrected chi connectivity index (χ2v) is 4.98. The summed E-state index contributed by atoms with van der Waals surface area (Å²) >= 11 is 0. The normalized spacial score (nSPS) is 22.2. The molecule has 0 spiro atoms. The zero-order valence-electron chi connectivity index (χ0n) is 10.4. The topological polar surface area (TPSA) is 65.5 Å². The zero-order valence-corrected chi connectivity index (χ0v) is 10.4. The molecule has 5 nitrogen and oxygen atoms in total. The first-order valence-electron chi connectivity index (χ1n) is 6.39. The Bertz CT molecular complexity index is 501. The van der Waals surface area contributed by atoms with Gasteiger partial charge in [0.15, 0.2) is 0 Å². The van der Waals surface area contributed by atoms with Crippen molar-refractivity contribution in [2.75, 3.05) is 11.4 Å². The van der Waals surface area contributed by atoms with Crippen LogP contribution < -0.4 is 10.2 Å². The number of aromatic nitrogens is 1. The molecular formula is C13H17N3O2. The van der Waals surface area contributed by atoms with E-state index in [0.717, 1.165) is 30.8 Å². The predicted molar refractivity (Wildman–Crippen MR) is 67.4 cm³/mol. The van der Waals surface area contributed by atoms with Crippen molar-refractivity contribution in [1.29, 1.82) is 0 Å². The fraction of sp³-hybridized carbons (Fsp3) is 0.538. The third-order valence-electron chi connectivity index (χ3n) is 3.86. The van der Waals surface area contributed by atoms with E-state index in [1.54, 1.807) is 0 Å². The molecule has 5 heteroatoms. The molecule has 1 aromatic rings. The van der Waals surface area contributed by atoms with Crippen LogP contribution in [0.25, 0.3) is 0 Å². The highest BCUT2D eigenvalue weighted by molar-refractivity contribution is 5.99. The van der Waals surface area contributed by atoms with Crippen LogP contribution in [0.5, 0.6) is 0 Å². The lowest BCUT2D eigenvalue weighted by molar-refractivity contribution is 0.0965. The maximum absolute atomic E-state index is 11.7. The molecule has 1 saturated heterocycles. The Morgan fingerprint density at radius 3 is 3.11 bits per heavy atom. The lowest BCUT2D eigenvalue weighted by atomic mass is 10.1. The summed E-state index contributed by atoms with van der Waals surface area (Å²) in [6.07, 6.45) is 2.31. The van der Waals surface area contributed by atoms with E-state index in [1.807, 2.05) is 6.07 Å². The summed E-state index contributed by atoms with van der Waals surface area (Å²) in [4.78, 5) is 18.5. The zero-order chi connectivity index (χ0) is 12.7. The summed E-state index contributed by atoms with van der Waals surface area (Å²) in [5, 5.41) is 12.2. The number of nitrogens with one attached hydrogen (secondary N) is 1. The molecule has 1 fully saturated rings. The number of nitrogens with zero attached hydrogens (tertiary/aromatic N) is 2. The predicted octanol–water partition coefficient (Wildman–Crippen LogP) is 0.806. The van der Waals surface area contributed by atoms with Gasteiger partial charge in [0.2, 0.25) is 0 Å². The second kappa shape index (κ2) is 4.24. The van der Waals surface area contributed by atoms with Gasteiger partial charge in [-0.1, -0.05) is 0 Å². The quantitative estimate of drug-likeness (QED) is 0.811. The molecule has 3 rings (SSSR count). The average molecular weight is 247 g/mol. The number of amides is 1. The van der Waals surface area contributed by atoms with E-state index < -0.39 is 0 Å². The van der Waals surface area contributed by atoms with Crippen LogP contribution in [0.3, 0.4) is 0 Å². The number of hydrogen-bond acceptors (Lipinski definition) is 4. The highest BCUT2D eigenvalue weighted by atomic mass is 16.3. The standard InChI is InChI=1S/C13H17N3O2/c1-8-3-2-4-16(8)12-5-9-10(6-14-13(9)18)11(7-17)15-12/h5,8,17H,2-4,6-7H2,1H3,(H,14,18). The minimum Gasteiger partial charge on any atom is -0.390 e. The first-order chi connectivity index (χ1) is 8.70. The van der Waals surface area contributed by atoms with Gasteiger partial charge in [-0.25, -0.2) is 4.98 Å². The average Bonchev–Trinajstić information content (AvgIpc) is 2.95. The van der Waals surface area contributed by atoms with Crippen LogP contribution in [0.2, 0.25) is 0 Å². The van der Waals surface area contributed by atoms with Gasteiger partial charge in [-0.05, 0) is 25.8 Å². The number of aliphatic hydroxyl groups is 1. The van der Waals surface area contributed by atoms with Crippen molar-refractivity contribution in [3.63, 3.8) is 0 Å². The third kappa shape index (κ3) is 1.66. The lowest BCUT2D eigenvalue weighted by Crippen LogP contribution is -2.28. The maximum atomic E-state index is 11.7. The van der Waals surface area contributed by atoms with Crippen molar-refractivity contribution in [1.82, 2.24) is 10.3 Å². The minimum absolute atomic E-state index is 0.0600. The van der Waals surface area contributed by atoms with Crippen molar-refractivity contribution >= 4 is 11.7 Å². The van der Waals surface area contributed by atoms with E-state index in [1.165, 1.54) is 0 Å². The van der Waals surface area contributed by atoms with Crippen molar-refractivity contribution in [2.24, 2.45) is 0 Å².